The smallest absolute Gasteiger partial charge is 0.272 e. The van der Waals surface area contributed by atoms with Crippen LogP contribution in [-0.4, -0.2) is 34.9 Å². The lowest BCUT2D eigenvalue weighted by atomic mass is 9.99. The van der Waals surface area contributed by atoms with E-state index in [0.717, 1.165) is 43.5 Å². The van der Waals surface area contributed by atoms with Crippen LogP contribution in [0.25, 0.3) is 0 Å². The fourth-order valence-electron chi connectivity index (χ4n) is 3.50. The summed E-state index contributed by atoms with van der Waals surface area (Å²) < 4.78 is 12.9. The molecule has 1 aliphatic rings. The van der Waals surface area contributed by atoms with Crippen LogP contribution in [0.1, 0.15) is 48.7 Å². The minimum Gasteiger partial charge on any atom is -0.385 e. The Kier molecular flexibility index (Phi) is 6.21. The Hall–Kier alpha value is -2.43. The molecule has 0 saturated carbocycles. The number of nitrogens with one attached hydrogen (secondary N) is 1. The van der Waals surface area contributed by atoms with Crippen molar-refractivity contribution >= 4 is 11.6 Å². The number of aromatic nitrogens is 1. The largest absolute Gasteiger partial charge is 0.385 e. The quantitative estimate of drug-likeness (QED) is 0.841. The summed E-state index contributed by atoms with van der Waals surface area (Å²) in [5.41, 5.74) is 2.45. The molecule has 1 unspecified atom stereocenters. The van der Waals surface area contributed by atoms with Crippen LogP contribution in [0.15, 0.2) is 42.6 Å². The highest BCUT2D eigenvalue weighted by Crippen LogP contribution is 2.22. The molecule has 1 fully saturated rings. The molecule has 1 N–H and O–H groups in total. The summed E-state index contributed by atoms with van der Waals surface area (Å²) in [6, 6.07) is 10.6. The van der Waals surface area contributed by atoms with Crippen molar-refractivity contribution in [2.45, 2.75) is 45.1 Å². The SMILES string of the molecule is CCC1CCCCN1C(=O)c1cc(NCCc2ccc(F)cc2)ccn1. The van der Waals surface area contributed by atoms with Crippen LogP contribution in [0.3, 0.4) is 0 Å². The number of rotatable bonds is 6. The highest BCUT2D eigenvalue weighted by Gasteiger charge is 2.26. The van der Waals surface area contributed by atoms with Gasteiger partial charge in [-0.3, -0.25) is 9.78 Å². The van der Waals surface area contributed by atoms with Gasteiger partial charge in [-0.15, -0.1) is 0 Å². The number of halogens is 1. The highest BCUT2D eigenvalue weighted by atomic mass is 19.1. The van der Waals surface area contributed by atoms with E-state index in [1.165, 1.54) is 18.6 Å². The molecule has 138 valence electrons. The van der Waals surface area contributed by atoms with Crippen molar-refractivity contribution in [3.63, 3.8) is 0 Å². The summed E-state index contributed by atoms with van der Waals surface area (Å²) in [6.45, 7) is 3.67. The van der Waals surface area contributed by atoms with Crippen molar-refractivity contribution in [3.8, 4) is 0 Å². The first-order valence-corrected chi connectivity index (χ1v) is 9.42. The molecule has 1 amide bonds. The van der Waals surface area contributed by atoms with E-state index in [0.29, 0.717) is 18.3 Å². The molecule has 2 aromatic rings. The number of hydrogen-bond acceptors (Lipinski definition) is 3. The number of carbonyl (C=O) groups is 1. The first-order chi connectivity index (χ1) is 12.7. The van der Waals surface area contributed by atoms with Crippen molar-refractivity contribution in [1.82, 2.24) is 9.88 Å². The molecule has 2 heterocycles. The zero-order chi connectivity index (χ0) is 18.4. The van der Waals surface area contributed by atoms with E-state index < -0.39 is 0 Å². The Labute approximate surface area is 154 Å². The maximum absolute atomic E-state index is 12.9. The lowest BCUT2D eigenvalue weighted by Crippen LogP contribution is -2.43. The van der Waals surface area contributed by atoms with Gasteiger partial charge in [-0.25, -0.2) is 4.39 Å². The summed E-state index contributed by atoms with van der Waals surface area (Å²) in [4.78, 5) is 19.1. The first-order valence-electron chi connectivity index (χ1n) is 9.42. The predicted molar refractivity (Wildman–Crippen MR) is 102 cm³/mol. The fourth-order valence-corrected chi connectivity index (χ4v) is 3.50. The lowest BCUT2D eigenvalue weighted by Gasteiger charge is -2.35. The van der Waals surface area contributed by atoms with Gasteiger partial charge in [0.2, 0.25) is 0 Å². The van der Waals surface area contributed by atoms with Gasteiger partial charge in [-0.05, 0) is 61.9 Å². The van der Waals surface area contributed by atoms with Gasteiger partial charge in [0.1, 0.15) is 11.5 Å². The van der Waals surface area contributed by atoms with Crippen LogP contribution in [0.5, 0.6) is 0 Å². The Morgan fingerprint density at radius 2 is 2.08 bits per heavy atom. The molecule has 0 bridgehead atoms. The number of likely N-dealkylation sites (tertiary alicyclic amines) is 1. The van der Waals surface area contributed by atoms with Gasteiger partial charge in [-0.2, -0.15) is 0 Å². The lowest BCUT2D eigenvalue weighted by molar-refractivity contribution is 0.0602. The average Bonchev–Trinajstić information content (AvgIpc) is 2.69. The van der Waals surface area contributed by atoms with Gasteiger partial charge in [0.25, 0.3) is 5.91 Å². The number of amides is 1. The van der Waals surface area contributed by atoms with E-state index in [1.54, 1.807) is 18.3 Å². The van der Waals surface area contributed by atoms with Gasteiger partial charge < -0.3 is 10.2 Å². The van der Waals surface area contributed by atoms with Crippen molar-refractivity contribution in [2.75, 3.05) is 18.4 Å². The topological polar surface area (TPSA) is 45.2 Å². The van der Waals surface area contributed by atoms with Crippen LogP contribution < -0.4 is 5.32 Å². The summed E-state index contributed by atoms with van der Waals surface area (Å²) >= 11 is 0. The van der Waals surface area contributed by atoms with Gasteiger partial charge in [0.05, 0.1) is 0 Å². The van der Waals surface area contributed by atoms with Crippen molar-refractivity contribution in [3.05, 3.63) is 59.7 Å². The van der Waals surface area contributed by atoms with Crippen molar-refractivity contribution < 1.29 is 9.18 Å². The third-order valence-electron chi connectivity index (χ3n) is 4.99. The number of anilines is 1. The second-order valence-corrected chi connectivity index (χ2v) is 6.79. The minimum atomic E-state index is -0.220. The van der Waals surface area contributed by atoms with Crippen LogP contribution in [0.2, 0.25) is 0 Å². The number of pyridine rings is 1. The zero-order valence-electron chi connectivity index (χ0n) is 15.2. The molecule has 1 aromatic carbocycles. The Balaban J connectivity index is 1.60. The number of hydrogen-bond donors (Lipinski definition) is 1. The monoisotopic (exact) mass is 355 g/mol. The molecule has 0 aliphatic carbocycles. The summed E-state index contributed by atoms with van der Waals surface area (Å²) in [6.07, 6.45) is 6.80. The zero-order valence-corrected chi connectivity index (χ0v) is 15.2. The molecule has 0 radical (unpaired) electrons. The molecule has 5 heteroatoms. The number of piperidine rings is 1. The molecule has 1 saturated heterocycles. The molecular weight excluding hydrogens is 329 g/mol. The Bertz CT molecular complexity index is 732. The van der Waals surface area contributed by atoms with Crippen molar-refractivity contribution in [2.24, 2.45) is 0 Å². The Morgan fingerprint density at radius 1 is 1.27 bits per heavy atom. The molecule has 4 nitrogen and oxygen atoms in total. The van der Waals surface area contributed by atoms with Crippen molar-refractivity contribution in [1.29, 1.82) is 0 Å². The Morgan fingerprint density at radius 3 is 2.85 bits per heavy atom. The van der Waals surface area contributed by atoms with Crippen LogP contribution >= 0.6 is 0 Å². The van der Waals surface area contributed by atoms with Gasteiger partial charge >= 0.3 is 0 Å². The van der Waals surface area contributed by atoms with E-state index in [9.17, 15) is 9.18 Å². The van der Waals surface area contributed by atoms with E-state index in [-0.39, 0.29) is 11.7 Å². The summed E-state index contributed by atoms with van der Waals surface area (Å²) in [5, 5.41) is 3.33. The third-order valence-corrected chi connectivity index (χ3v) is 4.99. The second-order valence-electron chi connectivity index (χ2n) is 6.79. The third kappa shape index (κ3) is 4.59. The average molecular weight is 355 g/mol. The van der Waals surface area contributed by atoms with E-state index >= 15 is 0 Å². The van der Waals surface area contributed by atoms with Crippen LogP contribution in [0.4, 0.5) is 10.1 Å². The summed E-state index contributed by atoms with van der Waals surface area (Å²) in [5.74, 6) is -0.194. The molecule has 0 spiro atoms. The van der Waals surface area contributed by atoms with E-state index in [4.69, 9.17) is 0 Å². The maximum atomic E-state index is 12.9. The normalized spacial score (nSPS) is 17.2. The van der Waals surface area contributed by atoms with E-state index in [2.05, 4.69) is 17.2 Å². The van der Waals surface area contributed by atoms with Crippen LogP contribution in [0, 0.1) is 5.82 Å². The van der Waals surface area contributed by atoms with Crippen LogP contribution in [-0.2, 0) is 6.42 Å². The molecule has 1 aromatic heterocycles. The number of carbonyl (C=O) groups excluding carboxylic acids is 1. The number of nitrogens with zero attached hydrogens (tertiary/aromatic N) is 2. The van der Waals surface area contributed by atoms with E-state index in [1.807, 2.05) is 17.0 Å². The molecule has 1 atom stereocenters. The van der Waals surface area contributed by atoms with Gasteiger partial charge in [0, 0.05) is 31.0 Å². The standard InChI is InChI=1S/C21H26FN3O/c1-2-19-5-3-4-14-25(19)21(26)20-15-18(11-13-24-20)23-12-10-16-6-8-17(22)9-7-16/h6-9,11,13,15,19H,2-5,10,12,14H2,1H3,(H,23,24). The summed E-state index contributed by atoms with van der Waals surface area (Å²) in [7, 11) is 0. The van der Waals surface area contributed by atoms with Gasteiger partial charge in [0.15, 0.2) is 0 Å². The highest BCUT2D eigenvalue weighted by molar-refractivity contribution is 5.93. The first kappa shape index (κ1) is 18.4. The second kappa shape index (κ2) is 8.79. The number of benzene rings is 1. The molecule has 1 aliphatic heterocycles. The maximum Gasteiger partial charge on any atom is 0.272 e. The fraction of sp³-hybridized carbons (Fsp3) is 0.429. The minimum absolute atomic E-state index is 0.0266. The van der Waals surface area contributed by atoms with Gasteiger partial charge in [-0.1, -0.05) is 19.1 Å². The molecular formula is C21H26FN3O. The molecule has 3 rings (SSSR count). The molecule has 26 heavy (non-hydrogen) atoms. The predicted octanol–water partition coefficient (Wildman–Crippen LogP) is 4.28.